The Kier molecular flexibility index (Phi) is 4.90. The minimum Gasteiger partial charge on any atom is -0.360 e. The lowest BCUT2D eigenvalue weighted by atomic mass is 10.1. The van der Waals surface area contributed by atoms with E-state index in [1.54, 1.807) is 26.8 Å². The summed E-state index contributed by atoms with van der Waals surface area (Å²) in [4.78, 5) is 12.9. The van der Waals surface area contributed by atoms with E-state index in [-0.39, 0.29) is 5.91 Å². The van der Waals surface area contributed by atoms with Crippen molar-refractivity contribution in [1.29, 1.82) is 0 Å². The van der Waals surface area contributed by atoms with Crippen molar-refractivity contribution in [3.63, 3.8) is 0 Å². The molecule has 1 atom stereocenters. The summed E-state index contributed by atoms with van der Waals surface area (Å²) >= 11 is 0. The number of rotatable bonds is 4. The first-order valence-corrected chi connectivity index (χ1v) is 9.98. The second-order valence-corrected chi connectivity index (χ2v) is 8.64. The van der Waals surface area contributed by atoms with Gasteiger partial charge in [-0.1, -0.05) is 22.9 Å². The molecule has 0 saturated carbocycles. The van der Waals surface area contributed by atoms with Crippen molar-refractivity contribution in [2.24, 2.45) is 0 Å². The van der Waals surface area contributed by atoms with Gasteiger partial charge in [-0.2, -0.15) is 4.31 Å². The molecule has 26 heavy (non-hydrogen) atoms. The minimum atomic E-state index is -3.77. The molecule has 1 fully saturated rings. The van der Waals surface area contributed by atoms with Crippen molar-refractivity contribution >= 4 is 21.7 Å². The largest absolute Gasteiger partial charge is 0.360 e. The van der Waals surface area contributed by atoms with Crippen molar-refractivity contribution in [2.45, 2.75) is 51.5 Å². The topological polar surface area (TPSA) is 92.5 Å². The highest BCUT2D eigenvalue weighted by Gasteiger charge is 2.40. The van der Waals surface area contributed by atoms with Gasteiger partial charge >= 0.3 is 0 Å². The van der Waals surface area contributed by atoms with Crippen LogP contribution in [-0.2, 0) is 14.8 Å². The summed E-state index contributed by atoms with van der Waals surface area (Å²) in [5.74, 6) is 0.475. The fourth-order valence-electron chi connectivity index (χ4n) is 3.62. The molecule has 2 aromatic rings. The van der Waals surface area contributed by atoms with Crippen molar-refractivity contribution in [3.8, 4) is 0 Å². The molecule has 1 aliphatic heterocycles. The zero-order valence-electron chi connectivity index (χ0n) is 15.4. The molecule has 1 amide bonds. The number of nitrogens with one attached hydrogen (secondary N) is 1. The van der Waals surface area contributed by atoms with Gasteiger partial charge in [-0.25, -0.2) is 8.42 Å². The Balaban J connectivity index is 1.90. The molecule has 0 radical (unpaired) electrons. The molecular formula is C18H23N3O4S. The summed E-state index contributed by atoms with van der Waals surface area (Å²) in [7, 11) is -3.77. The molecule has 0 spiro atoms. The van der Waals surface area contributed by atoms with Crippen molar-refractivity contribution in [1.82, 2.24) is 9.46 Å². The lowest BCUT2D eigenvalue weighted by Gasteiger charge is -2.25. The third-order valence-electron chi connectivity index (χ3n) is 4.56. The van der Waals surface area contributed by atoms with Gasteiger partial charge in [0.25, 0.3) is 0 Å². The molecule has 0 bridgehead atoms. The van der Waals surface area contributed by atoms with Gasteiger partial charge in [-0.3, -0.25) is 4.79 Å². The summed E-state index contributed by atoms with van der Waals surface area (Å²) in [6, 6.07) is 4.55. The summed E-state index contributed by atoms with van der Waals surface area (Å²) in [6.45, 7) is 7.55. The third-order valence-corrected chi connectivity index (χ3v) is 6.77. The monoisotopic (exact) mass is 377 g/mol. The minimum absolute atomic E-state index is 0.291. The Morgan fingerprint density at radius 3 is 2.42 bits per heavy atom. The van der Waals surface area contributed by atoms with Crippen LogP contribution in [0.4, 0.5) is 5.82 Å². The van der Waals surface area contributed by atoms with E-state index in [1.165, 1.54) is 4.31 Å². The molecule has 2 heterocycles. The Bertz CT molecular complexity index is 926. The molecule has 0 aliphatic carbocycles. The second kappa shape index (κ2) is 6.85. The molecule has 1 saturated heterocycles. The maximum atomic E-state index is 13.3. The maximum absolute atomic E-state index is 13.3. The van der Waals surface area contributed by atoms with Crippen molar-refractivity contribution in [3.05, 3.63) is 40.6 Å². The number of benzene rings is 1. The van der Waals surface area contributed by atoms with Gasteiger partial charge in [0.05, 0.1) is 4.90 Å². The van der Waals surface area contributed by atoms with E-state index in [4.69, 9.17) is 4.52 Å². The standard InChI is InChI=1S/C18H23N3O4S/c1-11-8-12(2)17(13(3)9-11)26(23,24)21-7-5-6-15(21)18(22)19-16-10-14(4)25-20-16/h8-10,15H,5-7H2,1-4H3,(H,19,20,22)/t15-/m0/s1. The van der Waals surface area contributed by atoms with E-state index in [0.717, 1.165) is 5.56 Å². The molecule has 7 nitrogen and oxygen atoms in total. The van der Waals surface area contributed by atoms with E-state index < -0.39 is 16.1 Å². The van der Waals surface area contributed by atoms with Crippen LogP contribution in [0.2, 0.25) is 0 Å². The SMILES string of the molecule is Cc1cc(C)c(S(=O)(=O)N2CCC[C@H]2C(=O)Nc2cc(C)on2)c(C)c1. The number of amides is 1. The molecule has 8 heteroatoms. The molecule has 1 aromatic heterocycles. The van der Waals surface area contributed by atoms with E-state index in [2.05, 4.69) is 10.5 Å². The number of aromatic nitrogens is 1. The van der Waals surface area contributed by atoms with E-state index >= 15 is 0 Å². The number of hydrogen-bond acceptors (Lipinski definition) is 5. The summed E-state index contributed by atoms with van der Waals surface area (Å²) in [5.41, 5.74) is 2.40. The van der Waals surface area contributed by atoms with Gasteiger partial charge in [0.2, 0.25) is 15.9 Å². The highest BCUT2D eigenvalue weighted by molar-refractivity contribution is 7.89. The fraction of sp³-hybridized carbons (Fsp3) is 0.444. The Morgan fingerprint density at radius 2 is 1.85 bits per heavy atom. The number of nitrogens with zero attached hydrogens (tertiary/aromatic N) is 2. The first kappa shape index (κ1) is 18.6. The fourth-order valence-corrected chi connectivity index (χ4v) is 5.69. The maximum Gasteiger partial charge on any atom is 0.244 e. The van der Waals surface area contributed by atoms with E-state index in [9.17, 15) is 13.2 Å². The van der Waals surface area contributed by atoms with Gasteiger partial charge < -0.3 is 9.84 Å². The average Bonchev–Trinajstić information content (AvgIpc) is 3.15. The van der Waals surface area contributed by atoms with Crippen LogP contribution < -0.4 is 5.32 Å². The highest BCUT2D eigenvalue weighted by Crippen LogP contribution is 2.31. The van der Waals surface area contributed by atoms with Gasteiger partial charge in [0.1, 0.15) is 11.8 Å². The van der Waals surface area contributed by atoms with Gasteiger partial charge in [0, 0.05) is 12.6 Å². The van der Waals surface area contributed by atoms with Crippen LogP contribution in [-0.4, -0.2) is 36.4 Å². The van der Waals surface area contributed by atoms with Crippen LogP contribution in [0.25, 0.3) is 0 Å². The highest BCUT2D eigenvalue weighted by atomic mass is 32.2. The molecule has 1 aromatic carbocycles. The lowest BCUT2D eigenvalue weighted by Crippen LogP contribution is -2.43. The van der Waals surface area contributed by atoms with Gasteiger partial charge in [0.15, 0.2) is 5.82 Å². The number of carbonyl (C=O) groups is 1. The van der Waals surface area contributed by atoms with Crippen molar-refractivity contribution < 1.29 is 17.7 Å². The summed E-state index contributed by atoms with van der Waals surface area (Å²) < 4.78 is 32.8. The van der Waals surface area contributed by atoms with Crippen LogP contribution in [0.15, 0.2) is 27.6 Å². The van der Waals surface area contributed by atoms with Gasteiger partial charge in [-0.05, 0) is 51.7 Å². The normalized spacial score (nSPS) is 18.2. The molecule has 1 N–H and O–H groups in total. The van der Waals surface area contributed by atoms with Crippen LogP contribution in [0.1, 0.15) is 35.3 Å². The van der Waals surface area contributed by atoms with Crippen LogP contribution in [0.5, 0.6) is 0 Å². The molecule has 1 aliphatic rings. The van der Waals surface area contributed by atoms with Crippen LogP contribution in [0.3, 0.4) is 0 Å². The first-order chi connectivity index (χ1) is 12.2. The summed E-state index contributed by atoms with van der Waals surface area (Å²) in [5, 5.41) is 6.38. The summed E-state index contributed by atoms with van der Waals surface area (Å²) in [6.07, 6.45) is 1.12. The number of carbonyl (C=O) groups excluding carboxylic acids is 1. The molecule has 140 valence electrons. The number of hydrogen-bond donors (Lipinski definition) is 1. The number of aryl methyl sites for hydroxylation is 4. The third kappa shape index (κ3) is 3.39. The Labute approximate surface area is 153 Å². The average molecular weight is 377 g/mol. The zero-order valence-corrected chi connectivity index (χ0v) is 16.2. The van der Waals surface area contributed by atoms with E-state index in [1.807, 2.05) is 19.1 Å². The quantitative estimate of drug-likeness (QED) is 0.884. The predicted molar refractivity (Wildman–Crippen MR) is 97.4 cm³/mol. The predicted octanol–water partition coefficient (Wildman–Crippen LogP) is 2.70. The molecule has 3 rings (SSSR count). The van der Waals surface area contributed by atoms with Crippen molar-refractivity contribution in [2.75, 3.05) is 11.9 Å². The van der Waals surface area contributed by atoms with Crippen LogP contribution in [0, 0.1) is 27.7 Å². The van der Waals surface area contributed by atoms with Gasteiger partial charge in [-0.15, -0.1) is 0 Å². The zero-order chi connectivity index (χ0) is 19.1. The smallest absolute Gasteiger partial charge is 0.244 e. The number of anilines is 1. The molecular weight excluding hydrogens is 354 g/mol. The van der Waals surface area contributed by atoms with E-state index in [0.29, 0.717) is 47.0 Å². The number of sulfonamides is 1. The molecule has 0 unspecified atom stereocenters. The second-order valence-electron chi connectivity index (χ2n) is 6.81. The Hall–Kier alpha value is -2.19. The first-order valence-electron chi connectivity index (χ1n) is 8.54. The lowest BCUT2D eigenvalue weighted by molar-refractivity contribution is -0.119. The Morgan fingerprint density at radius 1 is 1.19 bits per heavy atom. The van der Waals surface area contributed by atoms with Crippen LogP contribution >= 0.6 is 0 Å².